The van der Waals surface area contributed by atoms with Crippen LogP contribution in [0.2, 0.25) is 0 Å². The van der Waals surface area contributed by atoms with Gasteiger partial charge in [0.25, 0.3) is 0 Å². The SMILES string of the molecule is CCC1=C(C)C(=O)C(C)(Br)C(=O)O1. The Balaban J connectivity index is 3.17. The molecule has 4 heteroatoms. The first-order valence-electron chi connectivity index (χ1n) is 4.07. The molecule has 0 radical (unpaired) electrons. The third kappa shape index (κ3) is 1.55. The number of hydrogen-bond donors (Lipinski definition) is 0. The summed E-state index contributed by atoms with van der Waals surface area (Å²) in [5, 5.41) is 0. The van der Waals surface area contributed by atoms with E-state index in [-0.39, 0.29) is 5.78 Å². The lowest BCUT2D eigenvalue weighted by atomic mass is 9.96. The first-order valence-corrected chi connectivity index (χ1v) is 4.86. The highest BCUT2D eigenvalue weighted by Crippen LogP contribution is 2.32. The maximum Gasteiger partial charge on any atom is 0.335 e. The van der Waals surface area contributed by atoms with Gasteiger partial charge in [0.05, 0.1) is 0 Å². The van der Waals surface area contributed by atoms with Crippen LogP contribution in [0.15, 0.2) is 11.3 Å². The zero-order chi connectivity index (χ0) is 10.2. The van der Waals surface area contributed by atoms with Gasteiger partial charge in [-0.3, -0.25) is 4.79 Å². The van der Waals surface area contributed by atoms with Gasteiger partial charge in [-0.2, -0.15) is 0 Å². The predicted octanol–water partition coefficient (Wildman–Crippen LogP) is 1.95. The standard InChI is InChI=1S/C9H11BrO3/c1-4-6-5(2)7(11)9(3,10)8(12)13-6/h4H2,1-3H3. The number of allylic oxidation sites excluding steroid dienone is 2. The lowest BCUT2D eigenvalue weighted by molar-refractivity contribution is -0.146. The quantitative estimate of drug-likeness (QED) is 0.404. The summed E-state index contributed by atoms with van der Waals surface area (Å²) < 4.78 is 3.81. The average molecular weight is 247 g/mol. The molecule has 1 atom stereocenters. The Morgan fingerprint density at radius 1 is 1.46 bits per heavy atom. The van der Waals surface area contributed by atoms with E-state index in [1.807, 2.05) is 6.92 Å². The van der Waals surface area contributed by atoms with Crippen LogP contribution in [0.4, 0.5) is 0 Å². The fourth-order valence-electron chi connectivity index (χ4n) is 1.19. The number of alkyl halides is 1. The summed E-state index contributed by atoms with van der Waals surface area (Å²) >= 11 is 3.06. The van der Waals surface area contributed by atoms with Gasteiger partial charge < -0.3 is 4.74 Å². The monoisotopic (exact) mass is 246 g/mol. The Labute approximate surface area is 85.3 Å². The molecule has 1 unspecified atom stereocenters. The summed E-state index contributed by atoms with van der Waals surface area (Å²) in [7, 11) is 0. The van der Waals surface area contributed by atoms with Crippen LogP contribution in [0.25, 0.3) is 0 Å². The number of carbonyl (C=O) groups excluding carboxylic acids is 2. The number of ether oxygens (including phenoxy) is 1. The number of cyclic esters (lactones) is 1. The summed E-state index contributed by atoms with van der Waals surface area (Å²) in [5.74, 6) is -0.257. The maximum absolute atomic E-state index is 11.6. The molecule has 0 amide bonds. The predicted molar refractivity (Wildman–Crippen MR) is 51.4 cm³/mol. The lowest BCUT2D eigenvalue weighted by Crippen LogP contribution is -2.43. The third-order valence-corrected chi connectivity index (χ3v) is 2.79. The molecule has 1 aliphatic rings. The maximum atomic E-state index is 11.6. The molecule has 1 rings (SSSR count). The van der Waals surface area contributed by atoms with Gasteiger partial charge in [0.2, 0.25) is 0 Å². The van der Waals surface area contributed by atoms with Crippen LogP contribution in [-0.4, -0.2) is 16.1 Å². The fraction of sp³-hybridized carbons (Fsp3) is 0.556. The van der Waals surface area contributed by atoms with Crippen molar-refractivity contribution in [3.63, 3.8) is 0 Å². The Kier molecular flexibility index (Phi) is 2.61. The van der Waals surface area contributed by atoms with Crippen molar-refractivity contribution in [3.8, 4) is 0 Å². The molecule has 0 saturated heterocycles. The van der Waals surface area contributed by atoms with Crippen molar-refractivity contribution in [2.75, 3.05) is 0 Å². The molecule has 0 aliphatic carbocycles. The van der Waals surface area contributed by atoms with E-state index in [2.05, 4.69) is 15.9 Å². The topological polar surface area (TPSA) is 43.4 Å². The van der Waals surface area contributed by atoms with Gasteiger partial charge in [0, 0.05) is 12.0 Å². The summed E-state index contributed by atoms with van der Waals surface area (Å²) in [6, 6.07) is 0. The minimum atomic E-state index is -1.20. The first kappa shape index (κ1) is 10.4. The lowest BCUT2D eigenvalue weighted by Gasteiger charge is -2.26. The largest absolute Gasteiger partial charge is 0.429 e. The second kappa shape index (κ2) is 3.25. The average Bonchev–Trinajstić information content (AvgIpc) is 2.09. The summed E-state index contributed by atoms with van der Waals surface area (Å²) in [5.41, 5.74) is 0.529. The molecule has 3 nitrogen and oxygen atoms in total. The van der Waals surface area contributed by atoms with Crippen molar-refractivity contribution in [1.82, 2.24) is 0 Å². The molecule has 0 bridgehead atoms. The third-order valence-electron chi connectivity index (χ3n) is 2.11. The molecule has 0 spiro atoms. The van der Waals surface area contributed by atoms with E-state index in [1.54, 1.807) is 6.92 Å². The zero-order valence-corrected chi connectivity index (χ0v) is 9.40. The highest BCUT2D eigenvalue weighted by molar-refractivity contribution is 9.10. The Morgan fingerprint density at radius 2 is 2.00 bits per heavy atom. The molecule has 0 fully saturated rings. The van der Waals surface area contributed by atoms with E-state index in [0.717, 1.165) is 0 Å². The summed E-state index contributed by atoms with van der Waals surface area (Å²) in [4.78, 5) is 22.9. The van der Waals surface area contributed by atoms with E-state index in [9.17, 15) is 9.59 Å². The Morgan fingerprint density at radius 3 is 2.46 bits per heavy atom. The van der Waals surface area contributed by atoms with Gasteiger partial charge in [0.1, 0.15) is 5.76 Å². The Hall–Kier alpha value is -0.640. The van der Waals surface area contributed by atoms with Crippen molar-refractivity contribution in [2.24, 2.45) is 0 Å². The molecular formula is C9H11BrO3. The molecule has 1 heterocycles. The van der Waals surface area contributed by atoms with Gasteiger partial charge in [-0.25, -0.2) is 4.79 Å². The van der Waals surface area contributed by atoms with E-state index >= 15 is 0 Å². The number of ketones is 1. The molecule has 0 aromatic heterocycles. The molecule has 72 valence electrons. The van der Waals surface area contributed by atoms with Crippen LogP contribution in [0, 0.1) is 0 Å². The zero-order valence-electron chi connectivity index (χ0n) is 7.81. The van der Waals surface area contributed by atoms with Gasteiger partial charge in [-0.05, 0) is 13.8 Å². The molecule has 0 aromatic rings. The molecular weight excluding hydrogens is 236 g/mol. The number of carbonyl (C=O) groups is 2. The van der Waals surface area contributed by atoms with Crippen LogP contribution < -0.4 is 0 Å². The van der Waals surface area contributed by atoms with Gasteiger partial charge in [-0.1, -0.05) is 22.9 Å². The first-order chi connectivity index (χ1) is 5.91. The van der Waals surface area contributed by atoms with E-state index in [1.165, 1.54) is 6.92 Å². The van der Waals surface area contributed by atoms with Crippen LogP contribution >= 0.6 is 15.9 Å². The number of halogens is 1. The van der Waals surface area contributed by atoms with Crippen molar-refractivity contribution in [3.05, 3.63) is 11.3 Å². The van der Waals surface area contributed by atoms with Crippen molar-refractivity contribution >= 4 is 27.7 Å². The molecule has 1 aliphatic heterocycles. The number of rotatable bonds is 1. The van der Waals surface area contributed by atoms with Gasteiger partial charge in [0.15, 0.2) is 10.1 Å². The molecule has 0 saturated carbocycles. The second-order valence-electron chi connectivity index (χ2n) is 3.12. The van der Waals surface area contributed by atoms with Gasteiger partial charge in [-0.15, -0.1) is 0 Å². The van der Waals surface area contributed by atoms with E-state index < -0.39 is 10.3 Å². The fourth-order valence-corrected chi connectivity index (χ4v) is 1.57. The second-order valence-corrected chi connectivity index (χ2v) is 4.71. The van der Waals surface area contributed by atoms with E-state index in [4.69, 9.17) is 4.74 Å². The summed E-state index contributed by atoms with van der Waals surface area (Å²) in [6.07, 6.45) is 0.562. The number of hydrogen-bond acceptors (Lipinski definition) is 3. The van der Waals surface area contributed by atoms with E-state index in [0.29, 0.717) is 17.8 Å². The summed E-state index contributed by atoms with van der Waals surface area (Å²) in [6.45, 7) is 5.02. The van der Waals surface area contributed by atoms with Crippen LogP contribution in [-0.2, 0) is 14.3 Å². The van der Waals surface area contributed by atoms with Crippen molar-refractivity contribution < 1.29 is 14.3 Å². The normalized spacial score (nSPS) is 29.2. The van der Waals surface area contributed by atoms with Gasteiger partial charge >= 0.3 is 5.97 Å². The highest BCUT2D eigenvalue weighted by atomic mass is 79.9. The molecule has 0 N–H and O–H groups in total. The Bertz CT molecular complexity index is 302. The minimum Gasteiger partial charge on any atom is -0.429 e. The number of esters is 1. The van der Waals surface area contributed by atoms with Crippen molar-refractivity contribution in [2.45, 2.75) is 31.5 Å². The minimum absolute atomic E-state index is 0.208. The number of Topliss-reactive ketones (excluding diaryl/α,β-unsaturated/α-hetero) is 1. The molecule has 0 aromatic carbocycles. The smallest absolute Gasteiger partial charge is 0.335 e. The van der Waals surface area contributed by atoms with Crippen LogP contribution in [0.3, 0.4) is 0 Å². The highest BCUT2D eigenvalue weighted by Gasteiger charge is 2.45. The van der Waals surface area contributed by atoms with Crippen molar-refractivity contribution in [1.29, 1.82) is 0 Å². The van der Waals surface area contributed by atoms with Crippen LogP contribution in [0.1, 0.15) is 27.2 Å². The van der Waals surface area contributed by atoms with Crippen LogP contribution in [0.5, 0.6) is 0 Å². The molecule has 13 heavy (non-hydrogen) atoms.